The van der Waals surface area contributed by atoms with Gasteiger partial charge in [-0.05, 0) is 25.7 Å². The molecule has 5 nitrogen and oxygen atoms in total. The van der Waals surface area contributed by atoms with Gasteiger partial charge < -0.3 is 14.6 Å². The van der Waals surface area contributed by atoms with E-state index >= 15 is 0 Å². The maximum atomic E-state index is 11.5. The summed E-state index contributed by atoms with van der Waals surface area (Å²) in [6.07, 6.45) is 13.7. The third-order valence-electron chi connectivity index (χ3n) is 3.47. The van der Waals surface area contributed by atoms with Crippen LogP contribution in [-0.4, -0.2) is 36.9 Å². The Labute approximate surface area is 145 Å². The van der Waals surface area contributed by atoms with Crippen molar-refractivity contribution < 1.29 is 24.2 Å². The van der Waals surface area contributed by atoms with E-state index in [0.29, 0.717) is 38.7 Å². The first kappa shape index (κ1) is 22.4. The Morgan fingerprint density at radius 1 is 1.04 bits per heavy atom. The number of ether oxygens (including phenoxy) is 2. The maximum absolute atomic E-state index is 11.5. The van der Waals surface area contributed by atoms with E-state index in [1.165, 1.54) is 7.11 Å². The highest BCUT2D eigenvalue weighted by molar-refractivity contribution is 5.70. The normalized spacial score (nSPS) is 12.6. The molecule has 1 atom stereocenters. The Hall–Kier alpha value is -1.62. The van der Waals surface area contributed by atoms with Crippen LogP contribution in [0.4, 0.5) is 0 Å². The van der Waals surface area contributed by atoms with Crippen molar-refractivity contribution in [2.45, 2.75) is 70.8 Å². The van der Waals surface area contributed by atoms with Crippen molar-refractivity contribution in [3.63, 3.8) is 0 Å². The predicted octanol–water partition coefficient (Wildman–Crippen LogP) is 3.71. The van der Waals surface area contributed by atoms with Crippen molar-refractivity contribution in [1.29, 1.82) is 0 Å². The zero-order chi connectivity index (χ0) is 18.0. The highest BCUT2D eigenvalue weighted by Gasteiger charge is 2.04. The first-order chi connectivity index (χ1) is 11.6. The molecule has 24 heavy (non-hydrogen) atoms. The minimum absolute atomic E-state index is 0.241. The summed E-state index contributed by atoms with van der Waals surface area (Å²) in [5, 5.41) is 9.69. The van der Waals surface area contributed by atoms with Crippen LogP contribution in [0.25, 0.3) is 0 Å². The summed E-state index contributed by atoms with van der Waals surface area (Å²) in [5.41, 5.74) is 0. The van der Waals surface area contributed by atoms with Crippen LogP contribution in [-0.2, 0) is 19.1 Å². The Morgan fingerprint density at radius 3 is 2.42 bits per heavy atom. The number of carbonyl (C=O) groups excluding carboxylic acids is 2. The molecular weight excluding hydrogens is 308 g/mol. The molecule has 0 heterocycles. The van der Waals surface area contributed by atoms with Crippen molar-refractivity contribution >= 4 is 11.9 Å². The summed E-state index contributed by atoms with van der Waals surface area (Å²) in [4.78, 5) is 22.3. The fourth-order valence-electron chi connectivity index (χ4n) is 2.02. The standard InChI is InChI=1S/C19H32O5/c1-3-4-7-12-17(20)13-8-5-6-11-16-24-19(22)15-10-9-14-18(21)23-2/h5-6,8,13,17,20H,3-4,7,9-12,14-16H2,1-2H3/b6-5-,13-8+/t17-/m0/s1. The van der Waals surface area contributed by atoms with Gasteiger partial charge in [0.25, 0.3) is 0 Å². The fourth-order valence-corrected chi connectivity index (χ4v) is 2.02. The van der Waals surface area contributed by atoms with Crippen LogP contribution in [0.3, 0.4) is 0 Å². The van der Waals surface area contributed by atoms with Gasteiger partial charge in [0.05, 0.1) is 19.8 Å². The first-order valence-corrected chi connectivity index (χ1v) is 8.84. The van der Waals surface area contributed by atoms with Gasteiger partial charge in [-0.25, -0.2) is 0 Å². The lowest BCUT2D eigenvalue weighted by Crippen LogP contribution is -2.06. The first-order valence-electron chi connectivity index (χ1n) is 8.84. The summed E-state index contributed by atoms with van der Waals surface area (Å²) < 4.78 is 9.61. The van der Waals surface area contributed by atoms with E-state index in [9.17, 15) is 14.7 Å². The third-order valence-corrected chi connectivity index (χ3v) is 3.47. The number of allylic oxidation sites excluding steroid dienone is 2. The number of hydrogen-bond acceptors (Lipinski definition) is 5. The summed E-state index contributed by atoms with van der Waals surface area (Å²) in [5.74, 6) is -0.493. The molecule has 0 aliphatic rings. The quantitative estimate of drug-likeness (QED) is 0.296. The molecule has 0 radical (unpaired) electrons. The molecule has 0 spiro atoms. The van der Waals surface area contributed by atoms with Crippen molar-refractivity contribution in [2.24, 2.45) is 0 Å². The summed E-state index contributed by atoms with van der Waals surface area (Å²) in [6.45, 7) is 2.49. The molecule has 0 aliphatic carbocycles. The van der Waals surface area contributed by atoms with E-state index in [-0.39, 0.29) is 18.0 Å². The number of aliphatic hydroxyl groups is 1. The lowest BCUT2D eigenvalue weighted by atomic mass is 10.1. The molecule has 0 bridgehead atoms. The largest absolute Gasteiger partial charge is 0.469 e. The number of hydrogen-bond donors (Lipinski definition) is 1. The predicted molar refractivity (Wildman–Crippen MR) is 94.5 cm³/mol. The van der Waals surface area contributed by atoms with Crippen molar-refractivity contribution in [3.8, 4) is 0 Å². The molecule has 1 N–H and O–H groups in total. The second-order valence-electron chi connectivity index (χ2n) is 5.67. The monoisotopic (exact) mass is 340 g/mol. The second-order valence-corrected chi connectivity index (χ2v) is 5.67. The summed E-state index contributed by atoms with van der Waals surface area (Å²) >= 11 is 0. The minimum atomic E-state index is -0.385. The molecule has 0 aromatic carbocycles. The van der Waals surface area contributed by atoms with Gasteiger partial charge in [0.1, 0.15) is 0 Å². The van der Waals surface area contributed by atoms with Crippen LogP contribution in [0.1, 0.15) is 64.7 Å². The number of rotatable bonds is 14. The van der Waals surface area contributed by atoms with E-state index in [0.717, 1.165) is 25.7 Å². The van der Waals surface area contributed by atoms with Gasteiger partial charge in [0.15, 0.2) is 0 Å². The maximum Gasteiger partial charge on any atom is 0.305 e. The fraction of sp³-hybridized carbons (Fsp3) is 0.684. The molecule has 138 valence electrons. The van der Waals surface area contributed by atoms with E-state index in [4.69, 9.17) is 4.74 Å². The van der Waals surface area contributed by atoms with Gasteiger partial charge in [0.2, 0.25) is 0 Å². The lowest BCUT2D eigenvalue weighted by molar-refractivity contribution is -0.144. The molecular formula is C19H32O5. The zero-order valence-electron chi connectivity index (χ0n) is 15.0. The van der Waals surface area contributed by atoms with E-state index < -0.39 is 0 Å². The molecule has 0 amide bonds. The minimum Gasteiger partial charge on any atom is -0.469 e. The molecule has 0 saturated heterocycles. The highest BCUT2D eigenvalue weighted by atomic mass is 16.5. The Morgan fingerprint density at radius 2 is 1.75 bits per heavy atom. The molecule has 0 aliphatic heterocycles. The van der Waals surface area contributed by atoms with Gasteiger partial charge in [-0.1, -0.05) is 50.5 Å². The Balaban J connectivity index is 3.56. The van der Waals surface area contributed by atoms with Gasteiger partial charge in [-0.3, -0.25) is 9.59 Å². The van der Waals surface area contributed by atoms with E-state index in [2.05, 4.69) is 11.7 Å². The smallest absolute Gasteiger partial charge is 0.305 e. The van der Waals surface area contributed by atoms with Crippen molar-refractivity contribution in [3.05, 3.63) is 24.3 Å². The molecule has 0 fully saturated rings. The zero-order valence-corrected chi connectivity index (χ0v) is 15.0. The average molecular weight is 340 g/mol. The Bertz CT molecular complexity index is 387. The molecule has 5 heteroatoms. The number of carbonyl (C=O) groups is 2. The van der Waals surface area contributed by atoms with Crippen LogP contribution < -0.4 is 0 Å². The van der Waals surface area contributed by atoms with Crippen LogP contribution >= 0.6 is 0 Å². The molecule has 0 unspecified atom stereocenters. The molecule has 0 aromatic rings. The van der Waals surface area contributed by atoms with Crippen LogP contribution in [0.5, 0.6) is 0 Å². The molecule has 0 rings (SSSR count). The van der Waals surface area contributed by atoms with E-state index in [1.807, 2.05) is 18.2 Å². The van der Waals surface area contributed by atoms with Crippen LogP contribution in [0.2, 0.25) is 0 Å². The third kappa shape index (κ3) is 15.3. The summed E-state index contributed by atoms with van der Waals surface area (Å²) in [6, 6.07) is 0. The van der Waals surface area contributed by atoms with Gasteiger partial charge in [-0.2, -0.15) is 0 Å². The summed E-state index contributed by atoms with van der Waals surface area (Å²) in [7, 11) is 1.35. The second kappa shape index (κ2) is 16.2. The number of esters is 2. The number of methoxy groups -OCH3 is 1. The lowest BCUT2D eigenvalue weighted by Gasteiger charge is -2.03. The average Bonchev–Trinajstić information content (AvgIpc) is 2.57. The Kier molecular flexibility index (Phi) is 15.1. The SMILES string of the molecule is CCCCC[C@H](O)/C=C/C=C\CCOC(=O)CCCCC(=O)OC. The number of unbranched alkanes of at least 4 members (excludes halogenated alkanes) is 3. The molecule has 0 saturated carbocycles. The van der Waals surface area contributed by atoms with Crippen LogP contribution in [0, 0.1) is 0 Å². The number of aliphatic hydroxyl groups excluding tert-OH is 1. The van der Waals surface area contributed by atoms with Gasteiger partial charge in [-0.15, -0.1) is 0 Å². The van der Waals surface area contributed by atoms with E-state index in [1.54, 1.807) is 6.08 Å². The van der Waals surface area contributed by atoms with Gasteiger partial charge >= 0.3 is 11.9 Å². The van der Waals surface area contributed by atoms with Crippen molar-refractivity contribution in [2.75, 3.05) is 13.7 Å². The van der Waals surface area contributed by atoms with Crippen LogP contribution in [0.15, 0.2) is 24.3 Å². The topological polar surface area (TPSA) is 72.8 Å². The van der Waals surface area contributed by atoms with Gasteiger partial charge in [0, 0.05) is 12.8 Å². The van der Waals surface area contributed by atoms with Crippen molar-refractivity contribution in [1.82, 2.24) is 0 Å². The highest BCUT2D eigenvalue weighted by Crippen LogP contribution is 2.05. The molecule has 0 aromatic heterocycles.